The maximum Gasteiger partial charge on any atom is 0.304 e. The van der Waals surface area contributed by atoms with E-state index in [0.29, 0.717) is 44.3 Å². The van der Waals surface area contributed by atoms with Gasteiger partial charge >= 0.3 is 11.9 Å². The lowest BCUT2D eigenvalue weighted by Crippen LogP contribution is -2.26. The predicted octanol–water partition coefficient (Wildman–Crippen LogP) is 11.5. The summed E-state index contributed by atoms with van der Waals surface area (Å²) in [6.45, 7) is 7.71. The minimum absolute atomic E-state index is 0.0991. The number of halogens is 1. The lowest BCUT2D eigenvalue weighted by molar-refractivity contribution is -0.138. The number of nitrogens with zero attached hydrogens (tertiary/aromatic N) is 2. The summed E-state index contributed by atoms with van der Waals surface area (Å²) >= 11 is 8.10. The molecule has 6 rings (SSSR count). The second-order valence-corrected chi connectivity index (χ2v) is 15.5. The molecule has 0 radical (unpaired) electrons. The average Bonchev–Trinajstić information content (AvgIpc) is 3.19. The van der Waals surface area contributed by atoms with E-state index in [0.717, 1.165) is 33.8 Å². The number of rotatable bonds is 18. The molecule has 57 heavy (non-hydrogen) atoms. The van der Waals surface area contributed by atoms with Gasteiger partial charge in [0.25, 0.3) is 0 Å². The highest BCUT2D eigenvalue weighted by molar-refractivity contribution is 7.99. The highest BCUT2D eigenvalue weighted by Crippen LogP contribution is 2.29. The molecule has 294 valence electrons. The molecule has 9 heteroatoms. The molecule has 0 aliphatic heterocycles. The van der Waals surface area contributed by atoms with E-state index in [1.807, 2.05) is 97.9 Å². The van der Waals surface area contributed by atoms with Crippen molar-refractivity contribution in [3.63, 3.8) is 0 Å². The number of aryl methyl sites for hydroxylation is 2. The molecule has 0 saturated heterocycles. The summed E-state index contributed by atoms with van der Waals surface area (Å²) in [6, 6.07) is 50.6. The van der Waals surface area contributed by atoms with Gasteiger partial charge in [-0.15, -0.1) is 0 Å². The average molecular weight is 801 g/mol. The Balaban J connectivity index is 0.000000218. The zero-order chi connectivity index (χ0) is 40.4. The Morgan fingerprint density at radius 3 is 1.68 bits per heavy atom. The van der Waals surface area contributed by atoms with Gasteiger partial charge in [-0.3, -0.25) is 19.4 Å². The summed E-state index contributed by atoms with van der Waals surface area (Å²) in [5.41, 5.74) is 6.79. The van der Waals surface area contributed by atoms with Crippen LogP contribution in [0.3, 0.4) is 0 Å². The number of carboxylic acid groups (broad SMARTS) is 2. The Labute approximate surface area is 345 Å². The van der Waals surface area contributed by atoms with Crippen LogP contribution in [0.2, 0.25) is 5.02 Å². The van der Waals surface area contributed by atoms with Crippen molar-refractivity contribution in [2.75, 3.05) is 13.1 Å². The van der Waals surface area contributed by atoms with Crippen LogP contribution in [0, 0.1) is 13.8 Å². The standard InChI is InChI=1S/C24H24ClNO2S.C24H25NO3/c1-18-10-11-23(25)20(14-18)17-26(13-12-24(27)28)16-19-6-5-9-22(15-19)29-21-7-3-2-4-8-21;1-19-7-5-8-20(15-19)17-25(14-13-24(26)27)18-21-9-6-12-23(16-21)28-22-10-3-2-4-11-22/h2-11,14-15H,12-13,16-17H2,1H3,(H,27,28);2-12,15-16H,13-14,17-18H2,1H3,(H,26,27). The molecule has 0 heterocycles. The quantitative estimate of drug-likeness (QED) is 0.0888. The van der Waals surface area contributed by atoms with Gasteiger partial charge in [0.15, 0.2) is 0 Å². The molecule has 0 aliphatic carbocycles. The van der Waals surface area contributed by atoms with Gasteiger partial charge in [-0.05, 0) is 90.7 Å². The number of benzene rings is 6. The number of para-hydroxylation sites is 1. The molecule has 0 aliphatic rings. The van der Waals surface area contributed by atoms with Crippen molar-refractivity contribution in [2.45, 2.75) is 62.7 Å². The van der Waals surface area contributed by atoms with Gasteiger partial charge in [-0.25, -0.2) is 0 Å². The first-order valence-electron chi connectivity index (χ1n) is 18.9. The van der Waals surface area contributed by atoms with E-state index >= 15 is 0 Å². The summed E-state index contributed by atoms with van der Waals surface area (Å²) < 4.78 is 5.92. The van der Waals surface area contributed by atoms with E-state index in [1.165, 1.54) is 20.9 Å². The normalized spacial score (nSPS) is 10.9. The first-order chi connectivity index (χ1) is 27.6. The number of hydrogen-bond donors (Lipinski definition) is 2. The molecule has 0 fully saturated rings. The minimum atomic E-state index is -0.793. The third-order valence-corrected chi connectivity index (χ3v) is 10.3. The molecule has 0 spiro atoms. The van der Waals surface area contributed by atoms with E-state index in [4.69, 9.17) is 26.6 Å². The second-order valence-electron chi connectivity index (χ2n) is 13.9. The monoisotopic (exact) mass is 800 g/mol. The molecule has 6 aromatic rings. The fraction of sp³-hybridized carbons (Fsp3) is 0.208. The van der Waals surface area contributed by atoms with Crippen LogP contribution in [0.15, 0.2) is 161 Å². The van der Waals surface area contributed by atoms with Gasteiger partial charge in [0.1, 0.15) is 11.5 Å². The van der Waals surface area contributed by atoms with Crippen molar-refractivity contribution < 1.29 is 24.5 Å². The van der Waals surface area contributed by atoms with Crippen LogP contribution >= 0.6 is 23.4 Å². The molecule has 2 N–H and O–H groups in total. The van der Waals surface area contributed by atoms with Crippen LogP contribution in [0.5, 0.6) is 11.5 Å². The highest BCUT2D eigenvalue weighted by Gasteiger charge is 2.13. The molecular weight excluding hydrogens is 752 g/mol. The molecule has 0 bridgehead atoms. The summed E-state index contributed by atoms with van der Waals surface area (Å²) in [7, 11) is 0. The topological polar surface area (TPSA) is 90.3 Å². The van der Waals surface area contributed by atoms with Crippen LogP contribution in [0.1, 0.15) is 46.2 Å². The number of ether oxygens (including phenoxy) is 1. The summed E-state index contributed by atoms with van der Waals surface area (Å²) in [5.74, 6) is -0.00582. The first-order valence-corrected chi connectivity index (χ1v) is 20.1. The zero-order valence-electron chi connectivity index (χ0n) is 32.4. The van der Waals surface area contributed by atoms with E-state index in [-0.39, 0.29) is 12.8 Å². The van der Waals surface area contributed by atoms with Crippen molar-refractivity contribution >= 4 is 35.3 Å². The maximum absolute atomic E-state index is 11.1. The van der Waals surface area contributed by atoms with Gasteiger partial charge in [0.05, 0.1) is 12.8 Å². The molecule has 7 nitrogen and oxygen atoms in total. The molecule has 6 aromatic carbocycles. The van der Waals surface area contributed by atoms with E-state index in [9.17, 15) is 9.59 Å². The predicted molar refractivity (Wildman–Crippen MR) is 230 cm³/mol. The third kappa shape index (κ3) is 15.6. The Morgan fingerprint density at radius 2 is 1.05 bits per heavy atom. The lowest BCUT2D eigenvalue weighted by Gasteiger charge is -2.23. The smallest absolute Gasteiger partial charge is 0.304 e. The largest absolute Gasteiger partial charge is 0.481 e. The molecular formula is C48H49ClN2O5S. The van der Waals surface area contributed by atoms with Crippen LogP contribution in [-0.4, -0.2) is 45.0 Å². The Hall–Kier alpha value is -5.38. The Kier molecular flexibility index (Phi) is 16.8. The van der Waals surface area contributed by atoms with Gasteiger partial charge in [0.2, 0.25) is 0 Å². The zero-order valence-corrected chi connectivity index (χ0v) is 34.0. The lowest BCUT2D eigenvalue weighted by atomic mass is 10.1. The SMILES string of the molecule is Cc1ccc(Cl)c(CN(CCC(=O)O)Cc2cccc(Sc3ccccc3)c2)c1.Cc1cccc(CN(CCC(=O)O)Cc2cccc(Oc3ccccc3)c2)c1. The first kappa shape index (κ1) is 42.8. The maximum atomic E-state index is 11.1. The molecule has 0 amide bonds. The fourth-order valence-corrected chi connectivity index (χ4v) is 7.35. The van der Waals surface area contributed by atoms with Crippen molar-refractivity contribution in [1.82, 2.24) is 9.80 Å². The van der Waals surface area contributed by atoms with Crippen molar-refractivity contribution in [2.24, 2.45) is 0 Å². The molecule has 0 aromatic heterocycles. The number of carboxylic acids is 2. The van der Waals surface area contributed by atoms with Crippen LogP contribution < -0.4 is 4.74 Å². The Morgan fingerprint density at radius 1 is 0.544 bits per heavy atom. The van der Waals surface area contributed by atoms with Crippen molar-refractivity contribution in [3.05, 3.63) is 190 Å². The van der Waals surface area contributed by atoms with Crippen LogP contribution in [0.4, 0.5) is 0 Å². The number of carbonyl (C=O) groups is 2. The highest BCUT2D eigenvalue weighted by atomic mass is 35.5. The molecule has 0 atom stereocenters. The van der Waals surface area contributed by atoms with E-state index in [1.54, 1.807) is 11.8 Å². The summed E-state index contributed by atoms with van der Waals surface area (Å²) in [6.07, 6.45) is 0.216. The summed E-state index contributed by atoms with van der Waals surface area (Å²) in [5, 5.41) is 19.0. The van der Waals surface area contributed by atoms with Crippen LogP contribution in [-0.2, 0) is 35.8 Å². The van der Waals surface area contributed by atoms with Crippen LogP contribution in [0.25, 0.3) is 0 Å². The summed E-state index contributed by atoms with van der Waals surface area (Å²) in [4.78, 5) is 28.9. The van der Waals surface area contributed by atoms with Crippen molar-refractivity contribution in [3.8, 4) is 11.5 Å². The number of hydrogen-bond acceptors (Lipinski definition) is 6. The third-order valence-electron chi connectivity index (χ3n) is 8.93. The van der Waals surface area contributed by atoms with Crippen molar-refractivity contribution in [1.29, 1.82) is 0 Å². The van der Waals surface area contributed by atoms with E-state index < -0.39 is 11.9 Å². The van der Waals surface area contributed by atoms with Gasteiger partial charge in [-0.1, -0.05) is 132 Å². The van der Waals surface area contributed by atoms with Gasteiger partial charge < -0.3 is 14.9 Å². The Bertz CT molecular complexity index is 2180. The second kappa shape index (κ2) is 22.4. The minimum Gasteiger partial charge on any atom is -0.481 e. The van der Waals surface area contributed by atoms with Gasteiger partial charge in [0, 0.05) is 54.1 Å². The van der Waals surface area contributed by atoms with Gasteiger partial charge in [-0.2, -0.15) is 0 Å². The molecule has 0 saturated carbocycles. The number of aliphatic carboxylic acids is 2. The van der Waals surface area contributed by atoms with E-state index in [2.05, 4.69) is 77.4 Å². The molecule has 0 unspecified atom stereocenters. The fourth-order valence-electron chi connectivity index (χ4n) is 6.25.